The number of benzene rings is 1. The lowest BCUT2D eigenvalue weighted by Crippen LogP contribution is -2.69. The monoisotopic (exact) mass is 301 g/mol. The van der Waals surface area contributed by atoms with Crippen molar-refractivity contribution in [3.8, 4) is 0 Å². The number of aliphatic hydroxyl groups excluding tert-OH is 1. The first-order chi connectivity index (χ1) is 10.6. The van der Waals surface area contributed by atoms with E-state index in [-0.39, 0.29) is 18.2 Å². The Bertz CT molecular complexity index is 735. The van der Waals surface area contributed by atoms with Crippen molar-refractivity contribution in [2.45, 2.75) is 12.1 Å². The maximum Gasteiger partial charge on any atom is 0.317 e. The number of carbonyl (C=O) groups is 1. The normalized spacial score (nSPS) is 19.8. The summed E-state index contributed by atoms with van der Waals surface area (Å²) >= 11 is 0. The summed E-state index contributed by atoms with van der Waals surface area (Å²) in [5.41, 5.74) is 1.83. The first-order valence-corrected chi connectivity index (χ1v) is 7.47. The quantitative estimate of drug-likeness (QED) is 0.852. The number of aliphatic hydroxyl groups is 1. The Labute approximate surface area is 128 Å². The largest absolute Gasteiger partial charge is 0.395 e. The number of nitrogens with one attached hydrogen (secondary N) is 1. The molecule has 1 aromatic carbocycles. The van der Waals surface area contributed by atoms with Crippen LogP contribution in [0.5, 0.6) is 0 Å². The lowest BCUT2D eigenvalue weighted by atomic mass is 9.90. The molecule has 2 N–H and O–H groups in total. The number of fused-ring (bicyclic) bond motifs is 1. The number of imidazole rings is 1. The van der Waals surface area contributed by atoms with Crippen LogP contribution in [0.2, 0.25) is 0 Å². The van der Waals surface area contributed by atoms with E-state index in [1.54, 1.807) is 4.90 Å². The molecule has 3 heterocycles. The average molecular weight is 301 g/mol. The summed E-state index contributed by atoms with van der Waals surface area (Å²) in [5.74, 6) is 0.869. The molecule has 4 rings (SSSR count). The summed E-state index contributed by atoms with van der Waals surface area (Å²) in [6.07, 6.45) is 0. The van der Waals surface area contributed by atoms with Gasteiger partial charge in [0.05, 0.1) is 23.2 Å². The van der Waals surface area contributed by atoms with E-state index >= 15 is 0 Å². The highest BCUT2D eigenvalue weighted by Crippen LogP contribution is 2.34. The molecule has 116 valence electrons. The average Bonchev–Trinajstić information content (AvgIpc) is 2.98. The minimum atomic E-state index is -0.126. The van der Waals surface area contributed by atoms with Crippen LogP contribution in [0.4, 0.5) is 10.7 Å². The maximum atomic E-state index is 11.7. The van der Waals surface area contributed by atoms with Crippen molar-refractivity contribution in [2.24, 2.45) is 0 Å². The summed E-state index contributed by atoms with van der Waals surface area (Å²) in [6, 6.07) is 7.93. The summed E-state index contributed by atoms with van der Waals surface area (Å²) in [4.78, 5) is 20.4. The van der Waals surface area contributed by atoms with Gasteiger partial charge in [-0.2, -0.15) is 0 Å². The second-order valence-electron chi connectivity index (χ2n) is 6.07. The molecular weight excluding hydrogens is 282 g/mol. The van der Waals surface area contributed by atoms with Crippen LogP contribution < -0.4 is 10.2 Å². The number of hydrogen-bond acceptors (Lipinski definition) is 4. The molecule has 22 heavy (non-hydrogen) atoms. The van der Waals surface area contributed by atoms with Crippen LogP contribution in [0, 0.1) is 0 Å². The van der Waals surface area contributed by atoms with Gasteiger partial charge in [-0.15, -0.1) is 0 Å². The molecule has 0 bridgehead atoms. The fraction of sp³-hybridized carbons (Fsp3) is 0.467. The Morgan fingerprint density at radius 3 is 2.82 bits per heavy atom. The molecule has 0 atom stereocenters. The number of rotatable bonds is 3. The van der Waals surface area contributed by atoms with E-state index in [0.29, 0.717) is 13.1 Å². The number of urea groups is 1. The number of aromatic nitrogens is 2. The highest BCUT2D eigenvalue weighted by Gasteiger charge is 2.53. The second kappa shape index (κ2) is 4.61. The topological polar surface area (TPSA) is 73.6 Å². The van der Waals surface area contributed by atoms with Gasteiger partial charge >= 0.3 is 6.03 Å². The highest BCUT2D eigenvalue weighted by atomic mass is 16.3. The predicted octanol–water partition coefficient (Wildman–Crippen LogP) is 0.242. The minimum Gasteiger partial charge on any atom is -0.395 e. The molecule has 0 radical (unpaired) electrons. The van der Waals surface area contributed by atoms with E-state index in [1.165, 1.54) is 0 Å². The van der Waals surface area contributed by atoms with Crippen LogP contribution >= 0.6 is 0 Å². The van der Waals surface area contributed by atoms with Gasteiger partial charge in [0.1, 0.15) is 0 Å². The summed E-state index contributed by atoms with van der Waals surface area (Å²) < 4.78 is 2.05. The Kier molecular flexibility index (Phi) is 2.80. The molecule has 7 heteroatoms. The van der Waals surface area contributed by atoms with Crippen molar-refractivity contribution in [3.63, 3.8) is 0 Å². The van der Waals surface area contributed by atoms with E-state index in [0.717, 1.165) is 30.1 Å². The molecule has 7 nitrogen and oxygen atoms in total. The summed E-state index contributed by atoms with van der Waals surface area (Å²) in [6.45, 7) is 2.80. The molecule has 2 saturated heterocycles. The van der Waals surface area contributed by atoms with Crippen LogP contribution in [0.15, 0.2) is 24.3 Å². The Morgan fingerprint density at radius 2 is 2.14 bits per heavy atom. The highest BCUT2D eigenvalue weighted by molar-refractivity contribution is 5.81. The lowest BCUT2D eigenvalue weighted by Gasteiger charge is -2.50. The van der Waals surface area contributed by atoms with Crippen molar-refractivity contribution in [2.75, 3.05) is 38.2 Å². The number of hydrogen-bond donors (Lipinski definition) is 2. The van der Waals surface area contributed by atoms with Gasteiger partial charge < -0.3 is 24.8 Å². The number of anilines is 1. The van der Waals surface area contributed by atoms with Crippen LogP contribution in [0.1, 0.15) is 0 Å². The van der Waals surface area contributed by atoms with Crippen LogP contribution in [-0.2, 0) is 6.54 Å². The lowest BCUT2D eigenvalue weighted by molar-refractivity contribution is 0.150. The first kappa shape index (κ1) is 13.4. The maximum absolute atomic E-state index is 11.7. The number of likely N-dealkylation sites (N-methyl/N-ethyl adjacent to an activating group) is 1. The molecule has 2 aliphatic heterocycles. The molecule has 0 aliphatic carbocycles. The number of carbonyl (C=O) groups excluding carboxylic acids is 1. The third-order valence-electron chi connectivity index (χ3n) is 4.80. The standard InChI is InChI=1S/C15H19N5O2/c1-18-14(22)16-8-15(18)9-19(10-15)13-17-11-4-2-3-5-12(11)20(13)6-7-21/h2-5,21H,6-10H2,1H3,(H,16,22). The van der Waals surface area contributed by atoms with Gasteiger partial charge in [-0.3, -0.25) is 0 Å². The minimum absolute atomic E-state index is 0.0106. The number of amides is 2. The SMILES string of the molecule is CN1C(=O)NCC12CN(c1nc3ccccc3n1CCO)C2. The molecule has 1 spiro atoms. The van der Waals surface area contributed by atoms with Crippen molar-refractivity contribution in [1.82, 2.24) is 19.8 Å². The van der Waals surface area contributed by atoms with E-state index < -0.39 is 0 Å². The molecule has 2 amide bonds. The molecule has 2 aromatic rings. The zero-order valence-electron chi connectivity index (χ0n) is 12.5. The Morgan fingerprint density at radius 1 is 1.36 bits per heavy atom. The number of nitrogens with zero attached hydrogens (tertiary/aromatic N) is 4. The molecule has 1 aromatic heterocycles. The van der Waals surface area contributed by atoms with E-state index in [4.69, 9.17) is 4.98 Å². The third-order valence-corrected chi connectivity index (χ3v) is 4.80. The molecule has 2 aliphatic rings. The first-order valence-electron chi connectivity index (χ1n) is 7.47. The van der Waals surface area contributed by atoms with Gasteiger partial charge in [0.15, 0.2) is 0 Å². The van der Waals surface area contributed by atoms with Crippen molar-refractivity contribution in [1.29, 1.82) is 0 Å². The fourth-order valence-corrected chi connectivity index (χ4v) is 3.45. The fourth-order valence-electron chi connectivity index (χ4n) is 3.45. The van der Waals surface area contributed by atoms with Gasteiger partial charge in [-0.05, 0) is 12.1 Å². The van der Waals surface area contributed by atoms with E-state index in [2.05, 4.69) is 10.2 Å². The second-order valence-corrected chi connectivity index (χ2v) is 6.07. The van der Waals surface area contributed by atoms with E-state index in [1.807, 2.05) is 35.9 Å². The van der Waals surface area contributed by atoms with Crippen molar-refractivity contribution in [3.05, 3.63) is 24.3 Å². The van der Waals surface area contributed by atoms with Crippen molar-refractivity contribution < 1.29 is 9.90 Å². The molecule has 0 saturated carbocycles. The van der Waals surface area contributed by atoms with Gasteiger partial charge in [-0.1, -0.05) is 12.1 Å². The van der Waals surface area contributed by atoms with Gasteiger partial charge in [0.2, 0.25) is 5.95 Å². The number of para-hydroxylation sites is 2. The smallest absolute Gasteiger partial charge is 0.317 e. The van der Waals surface area contributed by atoms with Gasteiger partial charge in [0.25, 0.3) is 0 Å². The summed E-state index contributed by atoms with van der Waals surface area (Å²) in [7, 11) is 1.84. The Balaban J connectivity index is 1.66. The van der Waals surface area contributed by atoms with E-state index in [9.17, 15) is 9.90 Å². The third kappa shape index (κ3) is 1.72. The van der Waals surface area contributed by atoms with Crippen LogP contribution in [-0.4, -0.2) is 64.4 Å². The van der Waals surface area contributed by atoms with Gasteiger partial charge in [0, 0.05) is 33.2 Å². The Hall–Kier alpha value is -2.28. The zero-order valence-corrected chi connectivity index (χ0v) is 12.5. The summed E-state index contributed by atoms with van der Waals surface area (Å²) in [5, 5.41) is 12.2. The van der Waals surface area contributed by atoms with Crippen molar-refractivity contribution >= 4 is 23.0 Å². The molecular formula is C15H19N5O2. The molecule has 0 unspecified atom stereocenters. The van der Waals surface area contributed by atoms with Crippen LogP contribution in [0.25, 0.3) is 11.0 Å². The van der Waals surface area contributed by atoms with Gasteiger partial charge in [-0.25, -0.2) is 9.78 Å². The predicted molar refractivity (Wildman–Crippen MR) is 82.9 cm³/mol. The zero-order chi connectivity index (χ0) is 15.3. The molecule has 2 fully saturated rings. The van der Waals surface area contributed by atoms with Crippen LogP contribution in [0.3, 0.4) is 0 Å².